The molecule has 0 unspecified atom stereocenters. The first-order chi connectivity index (χ1) is 13.6. The molecule has 0 aliphatic rings. The zero-order chi connectivity index (χ0) is 19.9. The number of halogens is 1. The first-order valence-electron chi connectivity index (χ1n) is 8.69. The van der Waals surface area contributed by atoms with E-state index in [0.29, 0.717) is 40.1 Å². The van der Waals surface area contributed by atoms with Gasteiger partial charge in [-0.2, -0.15) is 0 Å². The number of nitrogens with one attached hydrogen (secondary N) is 2. The molecule has 1 heterocycles. The van der Waals surface area contributed by atoms with Crippen LogP contribution in [0.1, 0.15) is 17.3 Å². The molecular formula is C21H20ClN3O3. The van der Waals surface area contributed by atoms with Gasteiger partial charge in [-0.1, -0.05) is 23.7 Å². The number of hydrogen-bond acceptors (Lipinski definition) is 5. The lowest BCUT2D eigenvalue weighted by Crippen LogP contribution is -2.13. The number of nitrogens with zero attached hydrogens (tertiary/aromatic N) is 1. The second kappa shape index (κ2) is 9.10. The van der Waals surface area contributed by atoms with E-state index in [4.69, 9.17) is 21.1 Å². The number of ether oxygens (including phenoxy) is 2. The number of rotatable bonds is 7. The van der Waals surface area contributed by atoms with Gasteiger partial charge in [0, 0.05) is 11.9 Å². The van der Waals surface area contributed by atoms with E-state index in [0.717, 1.165) is 5.69 Å². The van der Waals surface area contributed by atoms with Gasteiger partial charge in [0.15, 0.2) is 0 Å². The van der Waals surface area contributed by atoms with Crippen molar-refractivity contribution in [2.24, 2.45) is 0 Å². The average Bonchev–Trinajstić information content (AvgIpc) is 2.70. The Hall–Kier alpha value is -3.25. The number of para-hydroxylation sites is 2. The van der Waals surface area contributed by atoms with Crippen LogP contribution in [0, 0.1) is 0 Å². The van der Waals surface area contributed by atoms with Crippen LogP contribution in [0.4, 0.5) is 17.1 Å². The maximum absolute atomic E-state index is 12.6. The van der Waals surface area contributed by atoms with Gasteiger partial charge < -0.3 is 20.1 Å². The van der Waals surface area contributed by atoms with Crippen molar-refractivity contribution in [3.05, 3.63) is 71.5 Å². The molecule has 0 spiro atoms. The Morgan fingerprint density at radius 2 is 1.89 bits per heavy atom. The van der Waals surface area contributed by atoms with Gasteiger partial charge in [0.05, 0.1) is 41.9 Å². The van der Waals surface area contributed by atoms with Crippen LogP contribution in [0.25, 0.3) is 0 Å². The number of carbonyl (C=O) groups is 1. The SMILES string of the molecule is CCOc1ccccc1NC(=O)c1cncc(Nc2ccc(OC)c(Cl)c2)c1. The molecule has 3 rings (SSSR count). The Morgan fingerprint density at radius 3 is 2.64 bits per heavy atom. The number of benzene rings is 2. The topological polar surface area (TPSA) is 72.5 Å². The van der Waals surface area contributed by atoms with Crippen LogP contribution >= 0.6 is 11.6 Å². The van der Waals surface area contributed by atoms with Crippen LogP contribution < -0.4 is 20.1 Å². The Kier molecular flexibility index (Phi) is 6.34. The third-order valence-electron chi connectivity index (χ3n) is 3.88. The summed E-state index contributed by atoms with van der Waals surface area (Å²) >= 11 is 6.15. The third kappa shape index (κ3) is 4.72. The molecule has 0 saturated carbocycles. The zero-order valence-electron chi connectivity index (χ0n) is 15.5. The highest BCUT2D eigenvalue weighted by Crippen LogP contribution is 2.29. The number of methoxy groups -OCH3 is 1. The Balaban J connectivity index is 1.76. The monoisotopic (exact) mass is 397 g/mol. The summed E-state index contributed by atoms with van der Waals surface area (Å²) in [4.78, 5) is 16.8. The van der Waals surface area contributed by atoms with Gasteiger partial charge in [0.25, 0.3) is 5.91 Å². The van der Waals surface area contributed by atoms with E-state index >= 15 is 0 Å². The van der Waals surface area contributed by atoms with E-state index in [-0.39, 0.29) is 5.91 Å². The Bertz CT molecular complexity index is 979. The van der Waals surface area contributed by atoms with Crippen LogP contribution in [0.3, 0.4) is 0 Å². The van der Waals surface area contributed by atoms with Gasteiger partial charge in [-0.25, -0.2) is 0 Å². The van der Waals surface area contributed by atoms with Crippen molar-refractivity contribution in [2.45, 2.75) is 6.92 Å². The summed E-state index contributed by atoms with van der Waals surface area (Å²) in [6.07, 6.45) is 3.13. The summed E-state index contributed by atoms with van der Waals surface area (Å²) in [5.41, 5.74) is 2.43. The summed E-state index contributed by atoms with van der Waals surface area (Å²) in [5, 5.41) is 6.53. The maximum Gasteiger partial charge on any atom is 0.257 e. The van der Waals surface area contributed by atoms with Crippen molar-refractivity contribution in [2.75, 3.05) is 24.4 Å². The number of carbonyl (C=O) groups excluding carboxylic acids is 1. The van der Waals surface area contributed by atoms with Crippen LogP contribution in [-0.2, 0) is 0 Å². The molecule has 0 atom stereocenters. The van der Waals surface area contributed by atoms with Crippen molar-refractivity contribution in [3.63, 3.8) is 0 Å². The largest absolute Gasteiger partial charge is 0.495 e. The van der Waals surface area contributed by atoms with E-state index in [1.165, 1.54) is 6.20 Å². The summed E-state index contributed by atoms with van der Waals surface area (Å²) in [7, 11) is 1.56. The highest BCUT2D eigenvalue weighted by atomic mass is 35.5. The van der Waals surface area contributed by atoms with Gasteiger partial charge in [0.1, 0.15) is 11.5 Å². The molecule has 0 fully saturated rings. The van der Waals surface area contributed by atoms with E-state index < -0.39 is 0 Å². The lowest BCUT2D eigenvalue weighted by atomic mass is 10.2. The molecule has 1 amide bonds. The van der Waals surface area contributed by atoms with E-state index in [2.05, 4.69) is 15.6 Å². The van der Waals surface area contributed by atoms with Crippen molar-refractivity contribution in [1.82, 2.24) is 4.98 Å². The molecule has 3 aromatic rings. The van der Waals surface area contributed by atoms with Crippen molar-refractivity contribution >= 4 is 34.6 Å². The van der Waals surface area contributed by atoms with Gasteiger partial charge in [-0.3, -0.25) is 9.78 Å². The normalized spacial score (nSPS) is 10.2. The molecule has 0 saturated heterocycles. The third-order valence-corrected chi connectivity index (χ3v) is 4.17. The number of anilines is 3. The van der Waals surface area contributed by atoms with Crippen LogP contribution in [0.5, 0.6) is 11.5 Å². The standard InChI is InChI=1S/C21H20ClN3O3/c1-3-28-20-7-5-4-6-18(20)25-21(26)14-10-16(13-23-12-14)24-15-8-9-19(27-2)17(22)11-15/h4-13,24H,3H2,1-2H3,(H,25,26). The lowest BCUT2D eigenvalue weighted by Gasteiger charge is -2.12. The molecule has 7 heteroatoms. The molecule has 0 bridgehead atoms. The minimum absolute atomic E-state index is 0.281. The van der Waals surface area contributed by atoms with Crippen molar-refractivity contribution < 1.29 is 14.3 Å². The fourth-order valence-electron chi connectivity index (χ4n) is 2.59. The molecule has 0 radical (unpaired) electrons. The maximum atomic E-state index is 12.6. The molecule has 144 valence electrons. The highest BCUT2D eigenvalue weighted by Gasteiger charge is 2.11. The minimum atomic E-state index is -0.281. The Morgan fingerprint density at radius 1 is 1.07 bits per heavy atom. The van der Waals surface area contributed by atoms with Gasteiger partial charge in [-0.15, -0.1) is 0 Å². The van der Waals surface area contributed by atoms with E-state index in [1.54, 1.807) is 37.6 Å². The van der Waals surface area contributed by atoms with Crippen molar-refractivity contribution in [3.8, 4) is 11.5 Å². The zero-order valence-corrected chi connectivity index (χ0v) is 16.3. The molecule has 0 aliphatic carbocycles. The predicted octanol–water partition coefficient (Wildman–Crippen LogP) is 5.14. The first-order valence-corrected chi connectivity index (χ1v) is 9.07. The predicted molar refractivity (Wildman–Crippen MR) is 111 cm³/mol. The van der Waals surface area contributed by atoms with Gasteiger partial charge in [-0.05, 0) is 43.3 Å². The lowest BCUT2D eigenvalue weighted by molar-refractivity contribution is 0.102. The summed E-state index contributed by atoms with van der Waals surface area (Å²) in [5.74, 6) is 0.927. The summed E-state index contributed by atoms with van der Waals surface area (Å²) in [6, 6.07) is 14.3. The second-order valence-electron chi connectivity index (χ2n) is 5.82. The molecule has 2 aromatic carbocycles. The van der Waals surface area contributed by atoms with Gasteiger partial charge >= 0.3 is 0 Å². The Labute approximate surface area is 168 Å². The van der Waals surface area contributed by atoms with Crippen LogP contribution in [-0.4, -0.2) is 24.6 Å². The smallest absolute Gasteiger partial charge is 0.257 e. The molecule has 6 nitrogen and oxygen atoms in total. The minimum Gasteiger partial charge on any atom is -0.495 e. The average molecular weight is 398 g/mol. The quantitative estimate of drug-likeness (QED) is 0.577. The first kappa shape index (κ1) is 19.5. The van der Waals surface area contributed by atoms with Crippen molar-refractivity contribution in [1.29, 1.82) is 0 Å². The number of pyridine rings is 1. The van der Waals surface area contributed by atoms with E-state index in [9.17, 15) is 4.79 Å². The van der Waals surface area contributed by atoms with Crippen LogP contribution in [0.2, 0.25) is 5.02 Å². The fraction of sp³-hybridized carbons (Fsp3) is 0.143. The molecule has 28 heavy (non-hydrogen) atoms. The molecular weight excluding hydrogens is 378 g/mol. The fourth-order valence-corrected chi connectivity index (χ4v) is 2.85. The second-order valence-corrected chi connectivity index (χ2v) is 6.23. The van der Waals surface area contributed by atoms with E-state index in [1.807, 2.05) is 31.2 Å². The molecule has 0 aliphatic heterocycles. The number of hydrogen-bond donors (Lipinski definition) is 2. The number of amides is 1. The highest BCUT2D eigenvalue weighted by molar-refractivity contribution is 6.32. The molecule has 1 aromatic heterocycles. The molecule has 2 N–H and O–H groups in total. The summed E-state index contributed by atoms with van der Waals surface area (Å²) < 4.78 is 10.7. The van der Waals surface area contributed by atoms with Gasteiger partial charge in [0.2, 0.25) is 0 Å². The summed E-state index contributed by atoms with van der Waals surface area (Å²) in [6.45, 7) is 2.40. The number of aromatic nitrogens is 1. The van der Waals surface area contributed by atoms with Crippen LogP contribution in [0.15, 0.2) is 60.9 Å².